The van der Waals surface area contributed by atoms with E-state index in [1.54, 1.807) is 0 Å². The molecule has 0 radical (unpaired) electrons. The zero-order valence-electron chi connectivity index (χ0n) is 20.1. The third-order valence-electron chi connectivity index (χ3n) is 6.42. The fourth-order valence-corrected chi connectivity index (χ4v) is 5.60. The minimum Gasteiger partial charge on any atom is -0.483 e. The first kappa shape index (κ1) is 23.8. The van der Waals surface area contributed by atoms with Crippen molar-refractivity contribution in [2.75, 3.05) is 19.0 Å². The first-order chi connectivity index (χ1) is 17.6. The van der Waals surface area contributed by atoms with E-state index in [-0.39, 0.29) is 12.5 Å². The van der Waals surface area contributed by atoms with Gasteiger partial charge in [-0.2, -0.15) is 0 Å². The van der Waals surface area contributed by atoms with Gasteiger partial charge in [-0.05, 0) is 54.0 Å². The standard InChI is InChI=1S/C30H27NO4S/c1-34-30(33)28-25(23-16-15-20-9-5-6-12-22(20)17-23)19-36-29(28)31-27(32)18-35-26-14-8-7-13-24(26)21-10-3-2-4-11-21/h2-4,7-8,10-11,13-17,19H,5-6,9,12,18H2,1H3,(H,31,32). The molecule has 1 aliphatic carbocycles. The number of amides is 1. The molecule has 3 aromatic carbocycles. The summed E-state index contributed by atoms with van der Waals surface area (Å²) >= 11 is 1.31. The van der Waals surface area contributed by atoms with E-state index >= 15 is 0 Å². The lowest BCUT2D eigenvalue weighted by atomic mass is 9.89. The first-order valence-electron chi connectivity index (χ1n) is 12.0. The van der Waals surface area contributed by atoms with E-state index in [1.165, 1.54) is 42.4 Å². The highest BCUT2D eigenvalue weighted by atomic mass is 32.1. The van der Waals surface area contributed by atoms with Crippen LogP contribution in [0.25, 0.3) is 22.3 Å². The van der Waals surface area contributed by atoms with Crippen LogP contribution >= 0.6 is 11.3 Å². The second-order valence-corrected chi connectivity index (χ2v) is 9.61. The second-order valence-electron chi connectivity index (χ2n) is 8.73. The van der Waals surface area contributed by atoms with E-state index in [0.29, 0.717) is 16.3 Å². The SMILES string of the molecule is COC(=O)c1c(-c2ccc3c(c2)CCCC3)csc1NC(=O)COc1ccccc1-c1ccccc1. The summed E-state index contributed by atoms with van der Waals surface area (Å²) in [5, 5.41) is 5.22. The van der Waals surface area contributed by atoms with E-state index in [4.69, 9.17) is 9.47 Å². The number of anilines is 1. The normalized spacial score (nSPS) is 12.5. The van der Waals surface area contributed by atoms with Crippen LogP contribution in [0.2, 0.25) is 0 Å². The van der Waals surface area contributed by atoms with Crippen molar-refractivity contribution in [2.24, 2.45) is 0 Å². The van der Waals surface area contributed by atoms with Crippen LogP contribution in [-0.4, -0.2) is 25.6 Å². The summed E-state index contributed by atoms with van der Waals surface area (Å²) in [7, 11) is 1.35. The first-order valence-corrected chi connectivity index (χ1v) is 12.9. The molecule has 0 spiro atoms. The van der Waals surface area contributed by atoms with Gasteiger partial charge < -0.3 is 14.8 Å². The van der Waals surface area contributed by atoms with Crippen LogP contribution in [0.3, 0.4) is 0 Å². The molecule has 1 aromatic heterocycles. The Morgan fingerprint density at radius 1 is 0.861 bits per heavy atom. The van der Waals surface area contributed by atoms with Crippen molar-refractivity contribution in [2.45, 2.75) is 25.7 Å². The number of nitrogens with one attached hydrogen (secondary N) is 1. The summed E-state index contributed by atoms with van der Waals surface area (Å²) < 4.78 is 11.0. The summed E-state index contributed by atoms with van der Waals surface area (Å²) in [6.07, 6.45) is 4.54. The molecule has 0 aliphatic heterocycles. The Hall–Kier alpha value is -3.90. The molecular weight excluding hydrogens is 470 g/mol. The predicted molar refractivity (Wildman–Crippen MR) is 144 cm³/mol. The number of esters is 1. The predicted octanol–water partition coefficient (Wildman–Crippen LogP) is 6.77. The third-order valence-corrected chi connectivity index (χ3v) is 7.32. The number of methoxy groups -OCH3 is 1. The van der Waals surface area contributed by atoms with Crippen LogP contribution in [-0.2, 0) is 22.4 Å². The minimum atomic E-state index is -0.477. The van der Waals surface area contributed by atoms with Crippen molar-refractivity contribution in [3.63, 3.8) is 0 Å². The maximum Gasteiger partial charge on any atom is 0.341 e. The molecule has 0 fully saturated rings. The van der Waals surface area contributed by atoms with Gasteiger partial charge in [0.2, 0.25) is 0 Å². The number of carbonyl (C=O) groups excluding carboxylic acids is 2. The van der Waals surface area contributed by atoms with Crippen LogP contribution in [0.5, 0.6) is 5.75 Å². The van der Waals surface area contributed by atoms with Crippen molar-refractivity contribution in [3.8, 4) is 28.0 Å². The minimum absolute atomic E-state index is 0.184. The molecule has 182 valence electrons. The number of hydrogen-bond donors (Lipinski definition) is 1. The van der Waals surface area contributed by atoms with Crippen molar-refractivity contribution in [1.82, 2.24) is 0 Å². The average Bonchev–Trinajstić information content (AvgIpc) is 3.35. The lowest BCUT2D eigenvalue weighted by Crippen LogP contribution is -2.21. The molecule has 6 heteroatoms. The molecule has 0 atom stereocenters. The number of para-hydroxylation sites is 1. The van der Waals surface area contributed by atoms with Gasteiger partial charge in [0, 0.05) is 16.5 Å². The summed E-state index contributed by atoms with van der Waals surface area (Å²) in [4.78, 5) is 25.6. The van der Waals surface area contributed by atoms with E-state index in [1.807, 2.05) is 66.0 Å². The molecule has 0 saturated heterocycles. The van der Waals surface area contributed by atoms with Crippen LogP contribution in [0.1, 0.15) is 34.3 Å². The smallest absolute Gasteiger partial charge is 0.341 e. The summed E-state index contributed by atoms with van der Waals surface area (Å²) in [6, 6.07) is 23.9. The Kier molecular flexibility index (Phi) is 7.14. The summed E-state index contributed by atoms with van der Waals surface area (Å²) in [6.45, 7) is -0.184. The fourth-order valence-electron chi connectivity index (χ4n) is 4.62. The van der Waals surface area contributed by atoms with Crippen LogP contribution in [0.4, 0.5) is 5.00 Å². The summed E-state index contributed by atoms with van der Waals surface area (Å²) in [5.74, 6) is -0.204. The topological polar surface area (TPSA) is 64.6 Å². The van der Waals surface area contributed by atoms with Gasteiger partial charge in [0.15, 0.2) is 6.61 Å². The van der Waals surface area contributed by atoms with Gasteiger partial charge in [-0.1, -0.05) is 66.7 Å². The molecule has 1 heterocycles. The molecule has 0 saturated carbocycles. The average molecular weight is 498 g/mol. The number of carbonyl (C=O) groups is 2. The number of ether oxygens (including phenoxy) is 2. The maximum atomic E-state index is 12.9. The zero-order valence-corrected chi connectivity index (χ0v) is 20.9. The monoisotopic (exact) mass is 497 g/mol. The lowest BCUT2D eigenvalue weighted by molar-refractivity contribution is -0.118. The number of thiophene rings is 1. The van der Waals surface area contributed by atoms with E-state index < -0.39 is 5.97 Å². The molecule has 36 heavy (non-hydrogen) atoms. The van der Waals surface area contributed by atoms with Gasteiger partial charge in [0.25, 0.3) is 5.91 Å². The van der Waals surface area contributed by atoms with Gasteiger partial charge in [-0.3, -0.25) is 4.79 Å². The van der Waals surface area contributed by atoms with Gasteiger partial charge in [-0.15, -0.1) is 11.3 Å². The molecule has 1 N–H and O–H groups in total. The van der Waals surface area contributed by atoms with Gasteiger partial charge in [0.1, 0.15) is 16.3 Å². The molecule has 5 nitrogen and oxygen atoms in total. The number of hydrogen-bond acceptors (Lipinski definition) is 5. The van der Waals surface area contributed by atoms with E-state index in [2.05, 4.69) is 17.4 Å². The van der Waals surface area contributed by atoms with Crippen molar-refractivity contribution in [1.29, 1.82) is 0 Å². The third kappa shape index (κ3) is 5.04. The van der Waals surface area contributed by atoms with Crippen molar-refractivity contribution >= 4 is 28.2 Å². The lowest BCUT2D eigenvalue weighted by Gasteiger charge is -2.17. The molecule has 4 aromatic rings. The quantitative estimate of drug-likeness (QED) is 0.286. The zero-order chi connectivity index (χ0) is 24.9. The Morgan fingerprint density at radius 2 is 1.61 bits per heavy atom. The highest BCUT2D eigenvalue weighted by Crippen LogP contribution is 2.38. The Balaban J connectivity index is 1.35. The van der Waals surface area contributed by atoms with Gasteiger partial charge >= 0.3 is 5.97 Å². The fraction of sp³-hybridized carbons (Fsp3) is 0.200. The highest BCUT2D eigenvalue weighted by molar-refractivity contribution is 7.15. The number of benzene rings is 3. The van der Waals surface area contributed by atoms with Crippen LogP contribution in [0.15, 0.2) is 78.2 Å². The van der Waals surface area contributed by atoms with Gasteiger partial charge in [-0.25, -0.2) is 4.79 Å². The second kappa shape index (κ2) is 10.8. The maximum absolute atomic E-state index is 12.9. The molecule has 1 aliphatic rings. The molecular formula is C30H27NO4S. The molecule has 1 amide bonds. The number of fused-ring (bicyclic) bond motifs is 1. The molecule has 0 unspecified atom stereocenters. The Bertz CT molecular complexity index is 1390. The largest absolute Gasteiger partial charge is 0.483 e. The van der Waals surface area contributed by atoms with Crippen molar-refractivity contribution < 1.29 is 19.1 Å². The Morgan fingerprint density at radius 3 is 2.42 bits per heavy atom. The van der Waals surface area contributed by atoms with Gasteiger partial charge in [0.05, 0.1) is 7.11 Å². The number of aryl methyl sites for hydroxylation is 2. The number of rotatable bonds is 7. The van der Waals surface area contributed by atoms with Crippen LogP contribution in [0, 0.1) is 0 Å². The van der Waals surface area contributed by atoms with Crippen molar-refractivity contribution in [3.05, 3.63) is 94.9 Å². The van der Waals surface area contributed by atoms with E-state index in [0.717, 1.165) is 35.1 Å². The van der Waals surface area contributed by atoms with E-state index in [9.17, 15) is 9.59 Å². The molecule has 5 rings (SSSR count). The Labute approximate surface area is 214 Å². The highest BCUT2D eigenvalue weighted by Gasteiger charge is 2.23. The van der Waals surface area contributed by atoms with Crippen LogP contribution < -0.4 is 10.1 Å². The molecule has 0 bridgehead atoms. The summed E-state index contributed by atoms with van der Waals surface area (Å²) in [5.41, 5.74) is 6.72.